The Labute approximate surface area is 60.7 Å². The second-order valence-corrected chi connectivity index (χ2v) is 4.08. The van der Waals surface area contributed by atoms with Crippen molar-refractivity contribution < 1.29 is 8.42 Å². The van der Waals surface area contributed by atoms with Crippen LogP contribution in [0, 0.1) is 11.3 Å². The summed E-state index contributed by atoms with van der Waals surface area (Å²) in [7, 11) is -3.43. The van der Waals surface area contributed by atoms with E-state index in [0.29, 0.717) is 6.42 Å². The summed E-state index contributed by atoms with van der Waals surface area (Å²) in [5.41, 5.74) is 0. The lowest BCUT2D eigenvalue weighted by Gasteiger charge is -2.03. The molecule has 1 atom stereocenters. The van der Waals surface area contributed by atoms with E-state index in [1.165, 1.54) is 6.92 Å². The number of sulfonamides is 1. The molecule has 0 amide bonds. The summed E-state index contributed by atoms with van der Waals surface area (Å²) in [5.74, 6) is 0. The Kier molecular flexibility index (Phi) is 3.33. The lowest BCUT2D eigenvalue weighted by molar-refractivity contribution is 0.580. The highest BCUT2D eigenvalue weighted by Gasteiger charge is 2.13. The van der Waals surface area contributed by atoms with E-state index in [-0.39, 0.29) is 6.42 Å². The van der Waals surface area contributed by atoms with Gasteiger partial charge in [0.2, 0.25) is 10.0 Å². The summed E-state index contributed by atoms with van der Waals surface area (Å²) in [6.07, 6.45) is 0.549. The average molecular weight is 162 g/mol. The van der Waals surface area contributed by atoms with Crippen molar-refractivity contribution in [2.45, 2.75) is 25.0 Å². The maximum atomic E-state index is 10.5. The summed E-state index contributed by atoms with van der Waals surface area (Å²) >= 11 is 0. The van der Waals surface area contributed by atoms with Gasteiger partial charge in [-0.1, -0.05) is 0 Å². The maximum absolute atomic E-state index is 10.5. The van der Waals surface area contributed by atoms with E-state index in [0.717, 1.165) is 0 Å². The lowest BCUT2D eigenvalue weighted by atomic mass is 10.3. The van der Waals surface area contributed by atoms with Crippen LogP contribution in [0.5, 0.6) is 0 Å². The molecule has 0 spiro atoms. The highest BCUT2D eigenvalue weighted by molar-refractivity contribution is 7.89. The van der Waals surface area contributed by atoms with E-state index in [4.69, 9.17) is 10.4 Å². The Hall–Kier alpha value is -0.600. The van der Waals surface area contributed by atoms with Gasteiger partial charge < -0.3 is 0 Å². The molecule has 0 radical (unpaired) electrons. The lowest BCUT2D eigenvalue weighted by Crippen LogP contribution is -2.25. The Bertz CT molecular complexity index is 227. The van der Waals surface area contributed by atoms with Gasteiger partial charge in [-0.15, -0.1) is 0 Å². The first-order valence-electron chi connectivity index (χ1n) is 2.87. The Morgan fingerprint density at radius 2 is 2.20 bits per heavy atom. The predicted octanol–water partition coefficient (Wildman–Crippen LogP) is -0.0328. The second kappa shape index (κ2) is 3.54. The third-order valence-electron chi connectivity index (χ3n) is 1.22. The van der Waals surface area contributed by atoms with Gasteiger partial charge in [0.05, 0.1) is 11.3 Å². The molecule has 0 bridgehead atoms. The van der Waals surface area contributed by atoms with Crippen LogP contribution in [0.15, 0.2) is 0 Å². The molecule has 1 unspecified atom stereocenters. The van der Waals surface area contributed by atoms with Crippen molar-refractivity contribution in [1.29, 1.82) is 5.26 Å². The molecule has 0 saturated carbocycles. The molecule has 0 heterocycles. The minimum absolute atomic E-state index is 0.234. The number of nitriles is 1. The summed E-state index contributed by atoms with van der Waals surface area (Å²) in [5, 5.41) is 12.3. The zero-order chi connectivity index (χ0) is 8.20. The van der Waals surface area contributed by atoms with E-state index < -0.39 is 15.3 Å². The van der Waals surface area contributed by atoms with Crippen LogP contribution >= 0.6 is 0 Å². The van der Waals surface area contributed by atoms with E-state index in [9.17, 15) is 8.42 Å². The predicted molar refractivity (Wildman–Crippen MR) is 37.4 cm³/mol. The van der Waals surface area contributed by atoms with Gasteiger partial charge in [-0.05, 0) is 13.3 Å². The number of primary sulfonamides is 1. The van der Waals surface area contributed by atoms with Crippen molar-refractivity contribution >= 4 is 10.0 Å². The third kappa shape index (κ3) is 3.43. The van der Waals surface area contributed by atoms with E-state index >= 15 is 0 Å². The molecule has 0 saturated heterocycles. The van der Waals surface area contributed by atoms with Gasteiger partial charge in [-0.3, -0.25) is 0 Å². The normalized spacial score (nSPS) is 14.1. The van der Waals surface area contributed by atoms with Gasteiger partial charge in [0, 0.05) is 6.42 Å². The first kappa shape index (κ1) is 9.40. The molecule has 0 aromatic rings. The SMILES string of the molecule is CC(CCC#N)S(N)(=O)=O. The molecule has 58 valence electrons. The highest BCUT2D eigenvalue weighted by Crippen LogP contribution is 2.02. The first-order valence-corrected chi connectivity index (χ1v) is 4.48. The monoisotopic (exact) mass is 162 g/mol. The van der Waals surface area contributed by atoms with Crippen LogP contribution in [0.3, 0.4) is 0 Å². The molecule has 5 heteroatoms. The Balaban J connectivity index is 3.90. The quantitative estimate of drug-likeness (QED) is 0.632. The fourth-order valence-corrected chi connectivity index (χ4v) is 0.878. The van der Waals surface area contributed by atoms with Crippen LogP contribution in [-0.4, -0.2) is 13.7 Å². The highest BCUT2D eigenvalue weighted by atomic mass is 32.2. The van der Waals surface area contributed by atoms with Crippen LogP contribution in [0.25, 0.3) is 0 Å². The number of hydrogen-bond acceptors (Lipinski definition) is 3. The third-order valence-corrected chi connectivity index (χ3v) is 2.58. The van der Waals surface area contributed by atoms with Gasteiger partial charge in [0.1, 0.15) is 0 Å². The maximum Gasteiger partial charge on any atom is 0.211 e. The molecule has 0 aliphatic heterocycles. The zero-order valence-electron chi connectivity index (χ0n) is 5.74. The number of rotatable bonds is 3. The molecule has 0 aromatic carbocycles. The summed E-state index contributed by atoms with van der Waals surface area (Å²) in [6.45, 7) is 1.49. The van der Waals surface area contributed by atoms with Crippen LogP contribution in [0.4, 0.5) is 0 Å². The number of nitrogens with two attached hydrogens (primary N) is 1. The molecule has 2 N–H and O–H groups in total. The standard InChI is InChI=1S/C5H10N2O2S/c1-5(3-2-4-6)10(7,8)9/h5H,2-3H2,1H3,(H2,7,8,9). The van der Waals surface area contributed by atoms with Crippen molar-refractivity contribution in [1.82, 2.24) is 0 Å². The fraction of sp³-hybridized carbons (Fsp3) is 0.800. The topological polar surface area (TPSA) is 83.9 Å². The number of nitrogens with zero attached hydrogens (tertiary/aromatic N) is 1. The molecule has 4 nitrogen and oxygen atoms in total. The second-order valence-electron chi connectivity index (χ2n) is 2.10. The van der Waals surface area contributed by atoms with Gasteiger partial charge in [0.25, 0.3) is 0 Å². The van der Waals surface area contributed by atoms with E-state index in [2.05, 4.69) is 0 Å². The van der Waals surface area contributed by atoms with Gasteiger partial charge >= 0.3 is 0 Å². The van der Waals surface area contributed by atoms with Crippen LogP contribution in [0.2, 0.25) is 0 Å². The molecular weight excluding hydrogens is 152 g/mol. The summed E-state index contributed by atoms with van der Waals surface area (Å²) in [6, 6.07) is 1.85. The molecule has 0 rings (SSSR count). The number of hydrogen-bond donors (Lipinski definition) is 1. The van der Waals surface area contributed by atoms with Crippen molar-refractivity contribution in [3.05, 3.63) is 0 Å². The van der Waals surface area contributed by atoms with E-state index in [1.807, 2.05) is 6.07 Å². The summed E-state index contributed by atoms with van der Waals surface area (Å²) < 4.78 is 21.0. The molecule has 0 aliphatic carbocycles. The molecule has 10 heavy (non-hydrogen) atoms. The fourth-order valence-electron chi connectivity index (χ4n) is 0.432. The Morgan fingerprint density at radius 3 is 2.50 bits per heavy atom. The minimum Gasteiger partial charge on any atom is -0.228 e. The molecule has 0 aromatic heterocycles. The summed E-state index contributed by atoms with van der Waals surface area (Å²) in [4.78, 5) is 0. The van der Waals surface area contributed by atoms with Crippen LogP contribution in [0.1, 0.15) is 19.8 Å². The molecular formula is C5H10N2O2S. The van der Waals surface area contributed by atoms with E-state index in [1.54, 1.807) is 0 Å². The smallest absolute Gasteiger partial charge is 0.211 e. The minimum atomic E-state index is -3.43. The van der Waals surface area contributed by atoms with Crippen molar-refractivity contribution in [2.75, 3.05) is 0 Å². The van der Waals surface area contributed by atoms with Gasteiger partial charge in [0.15, 0.2) is 0 Å². The van der Waals surface area contributed by atoms with Crippen molar-refractivity contribution in [2.24, 2.45) is 5.14 Å². The average Bonchev–Trinajstić information content (AvgIpc) is 1.80. The molecule has 0 aliphatic rings. The Morgan fingerprint density at radius 1 is 1.70 bits per heavy atom. The largest absolute Gasteiger partial charge is 0.228 e. The van der Waals surface area contributed by atoms with Gasteiger partial charge in [-0.25, -0.2) is 13.6 Å². The van der Waals surface area contributed by atoms with Crippen molar-refractivity contribution in [3.8, 4) is 6.07 Å². The zero-order valence-corrected chi connectivity index (χ0v) is 6.56. The van der Waals surface area contributed by atoms with Crippen molar-refractivity contribution in [3.63, 3.8) is 0 Å². The van der Waals surface area contributed by atoms with Gasteiger partial charge in [-0.2, -0.15) is 5.26 Å². The van der Waals surface area contributed by atoms with Crippen LogP contribution in [-0.2, 0) is 10.0 Å². The first-order chi connectivity index (χ1) is 4.48. The molecule has 0 fully saturated rings. The van der Waals surface area contributed by atoms with Crippen LogP contribution < -0.4 is 5.14 Å².